The number of halogens is 3. The Bertz CT molecular complexity index is 1150. The van der Waals surface area contributed by atoms with Crippen molar-refractivity contribution in [3.05, 3.63) is 60.2 Å². The van der Waals surface area contributed by atoms with Crippen molar-refractivity contribution in [3.8, 4) is 5.75 Å². The third-order valence-corrected chi connectivity index (χ3v) is 8.04. The molecule has 1 unspecified atom stereocenters. The van der Waals surface area contributed by atoms with Crippen LogP contribution in [0.2, 0.25) is 0 Å². The number of rotatable bonds is 10. The summed E-state index contributed by atoms with van der Waals surface area (Å²) in [6, 6.07) is 14.3. The van der Waals surface area contributed by atoms with E-state index < -0.39 is 40.6 Å². The van der Waals surface area contributed by atoms with Crippen molar-refractivity contribution in [2.45, 2.75) is 42.2 Å². The summed E-state index contributed by atoms with van der Waals surface area (Å²) in [5.74, 6) is 0.591. The number of methoxy groups -OCH3 is 1. The highest BCUT2D eigenvalue weighted by molar-refractivity contribution is 7.89. The Labute approximate surface area is 219 Å². The van der Waals surface area contributed by atoms with Crippen molar-refractivity contribution in [2.75, 3.05) is 40.4 Å². The maximum absolute atomic E-state index is 13.5. The molecule has 0 aromatic heterocycles. The number of likely N-dealkylation sites (tertiary alicyclic amines) is 1. The van der Waals surface area contributed by atoms with Crippen molar-refractivity contribution >= 4 is 16.1 Å². The van der Waals surface area contributed by atoms with Gasteiger partial charge in [-0.1, -0.05) is 30.3 Å². The molecule has 1 N–H and O–H groups in total. The van der Waals surface area contributed by atoms with E-state index in [1.54, 1.807) is 42.5 Å². The molecule has 2 aromatic carbocycles. The number of carbonyl (C=O) groups excluding carboxylic acids is 1. The number of hydrogen-bond acceptors (Lipinski definition) is 7. The summed E-state index contributed by atoms with van der Waals surface area (Å²) >= 11 is 0. The zero-order valence-corrected chi connectivity index (χ0v) is 21.9. The lowest BCUT2D eigenvalue weighted by Gasteiger charge is -2.39. The minimum absolute atomic E-state index is 0.0403. The van der Waals surface area contributed by atoms with E-state index in [1.807, 2.05) is 0 Å². The number of hydrogen-bond donors (Lipinski definition) is 1. The van der Waals surface area contributed by atoms with E-state index in [0.29, 0.717) is 11.3 Å². The highest BCUT2D eigenvalue weighted by atomic mass is 32.2. The Morgan fingerprint density at radius 1 is 1.11 bits per heavy atom. The summed E-state index contributed by atoms with van der Waals surface area (Å²) < 4.78 is 81.9. The number of alkyl halides is 3. The molecule has 1 atom stereocenters. The molecule has 0 spiro atoms. The van der Waals surface area contributed by atoms with Gasteiger partial charge in [0, 0.05) is 26.7 Å². The van der Waals surface area contributed by atoms with Crippen LogP contribution in [-0.2, 0) is 26.1 Å². The number of sulfonamides is 1. The Kier molecular flexibility index (Phi) is 9.63. The molecule has 1 aliphatic heterocycles. The fourth-order valence-corrected chi connectivity index (χ4v) is 5.20. The number of piperidine rings is 1. The maximum atomic E-state index is 13.5. The Balaban J connectivity index is 1.52. The first kappa shape index (κ1) is 29.7. The van der Waals surface area contributed by atoms with Crippen LogP contribution in [0, 0.1) is 0 Å². The first-order valence-corrected chi connectivity index (χ1v) is 13.2. The summed E-state index contributed by atoms with van der Waals surface area (Å²) in [6.07, 6.45) is -8.59. The Morgan fingerprint density at radius 2 is 1.71 bits per heavy atom. The number of carbonyl (C=O) groups is 1. The van der Waals surface area contributed by atoms with Crippen LogP contribution in [-0.4, -0.2) is 87.1 Å². The zero-order valence-electron chi connectivity index (χ0n) is 21.1. The standard InChI is InChI=1S/C25H31F3N2O7S/c1-29(38(33,34)21-6-4-3-5-7-21)18-24(32)12-14-30(15-13-24)23(31)37-22(25(26,27)28)17-36-16-19-8-10-20(35-2)11-9-19/h3-11,22,32H,12-18H2,1-2H3. The lowest BCUT2D eigenvalue weighted by Crippen LogP contribution is -2.53. The van der Waals surface area contributed by atoms with E-state index in [4.69, 9.17) is 14.2 Å². The van der Waals surface area contributed by atoms with Gasteiger partial charge >= 0.3 is 12.3 Å². The molecular formula is C25H31F3N2O7S. The molecule has 0 saturated carbocycles. The highest BCUT2D eigenvalue weighted by Crippen LogP contribution is 2.28. The van der Waals surface area contributed by atoms with Crippen molar-refractivity contribution in [1.82, 2.24) is 9.21 Å². The maximum Gasteiger partial charge on any atom is 0.427 e. The lowest BCUT2D eigenvalue weighted by molar-refractivity contribution is -0.220. The van der Waals surface area contributed by atoms with E-state index in [0.717, 1.165) is 9.21 Å². The fourth-order valence-electron chi connectivity index (χ4n) is 3.93. The molecule has 1 heterocycles. The van der Waals surface area contributed by atoms with Crippen LogP contribution < -0.4 is 4.74 Å². The molecule has 38 heavy (non-hydrogen) atoms. The zero-order chi connectivity index (χ0) is 28.0. The van der Waals surface area contributed by atoms with Crippen LogP contribution in [0.1, 0.15) is 18.4 Å². The van der Waals surface area contributed by atoms with Crippen LogP contribution in [0.5, 0.6) is 5.75 Å². The third-order valence-electron chi connectivity index (χ3n) is 6.23. The molecule has 2 aromatic rings. The van der Waals surface area contributed by atoms with Crippen molar-refractivity contribution in [1.29, 1.82) is 0 Å². The topological polar surface area (TPSA) is 106 Å². The summed E-state index contributed by atoms with van der Waals surface area (Å²) in [5.41, 5.74) is -0.842. The molecule has 0 bridgehead atoms. The molecule has 0 aliphatic carbocycles. The van der Waals surface area contributed by atoms with Crippen LogP contribution in [0.15, 0.2) is 59.5 Å². The van der Waals surface area contributed by atoms with E-state index in [9.17, 15) is 31.5 Å². The number of benzene rings is 2. The SMILES string of the molecule is COc1ccc(COCC(OC(=O)N2CCC(O)(CN(C)S(=O)(=O)c3ccccc3)CC2)C(F)(F)F)cc1. The van der Waals surface area contributed by atoms with Gasteiger partial charge in [0.2, 0.25) is 16.1 Å². The summed E-state index contributed by atoms with van der Waals surface area (Å²) in [5, 5.41) is 10.9. The average molecular weight is 561 g/mol. The second-order valence-electron chi connectivity index (χ2n) is 9.06. The Hall–Kier alpha value is -2.87. The molecule has 9 nitrogen and oxygen atoms in total. The van der Waals surface area contributed by atoms with Gasteiger partial charge in [0.25, 0.3) is 0 Å². The highest BCUT2D eigenvalue weighted by Gasteiger charge is 2.45. The number of aliphatic hydroxyl groups is 1. The monoisotopic (exact) mass is 560 g/mol. The second kappa shape index (κ2) is 12.3. The summed E-state index contributed by atoms with van der Waals surface area (Å²) in [7, 11) is -1.02. The van der Waals surface area contributed by atoms with E-state index in [2.05, 4.69) is 0 Å². The van der Waals surface area contributed by atoms with Crippen LogP contribution in [0.4, 0.5) is 18.0 Å². The van der Waals surface area contributed by atoms with Gasteiger partial charge < -0.3 is 24.2 Å². The lowest BCUT2D eigenvalue weighted by atomic mass is 9.91. The minimum atomic E-state index is -4.85. The molecule has 210 valence electrons. The van der Waals surface area contributed by atoms with Gasteiger partial charge in [0.05, 0.1) is 30.8 Å². The van der Waals surface area contributed by atoms with Gasteiger partial charge in [-0.3, -0.25) is 0 Å². The minimum Gasteiger partial charge on any atom is -0.497 e. The molecule has 1 fully saturated rings. The third kappa shape index (κ3) is 7.82. The summed E-state index contributed by atoms with van der Waals surface area (Å²) in [6.45, 7) is -1.46. The molecule has 13 heteroatoms. The van der Waals surface area contributed by atoms with Gasteiger partial charge in [-0.2, -0.15) is 17.5 Å². The van der Waals surface area contributed by atoms with Crippen molar-refractivity contribution < 1.29 is 45.7 Å². The van der Waals surface area contributed by atoms with Gasteiger partial charge in [-0.05, 0) is 42.7 Å². The quantitative estimate of drug-likeness (QED) is 0.475. The predicted octanol–water partition coefficient (Wildman–Crippen LogP) is 3.43. The molecule has 0 radical (unpaired) electrons. The van der Waals surface area contributed by atoms with E-state index >= 15 is 0 Å². The average Bonchev–Trinajstić information content (AvgIpc) is 2.88. The van der Waals surface area contributed by atoms with Gasteiger partial charge in [0.1, 0.15) is 5.75 Å². The van der Waals surface area contributed by atoms with Gasteiger partial charge in [0.15, 0.2) is 0 Å². The van der Waals surface area contributed by atoms with Crippen molar-refractivity contribution in [2.24, 2.45) is 0 Å². The van der Waals surface area contributed by atoms with E-state index in [-0.39, 0.29) is 44.0 Å². The van der Waals surface area contributed by atoms with Crippen LogP contribution >= 0.6 is 0 Å². The molecular weight excluding hydrogens is 529 g/mol. The summed E-state index contributed by atoms with van der Waals surface area (Å²) in [4.78, 5) is 13.6. The second-order valence-corrected chi connectivity index (χ2v) is 11.1. The molecule has 1 saturated heterocycles. The first-order valence-electron chi connectivity index (χ1n) is 11.8. The molecule has 1 amide bonds. The normalized spacial score (nSPS) is 16.8. The van der Waals surface area contributed by atoms with Crippen LogP contribution in [0.25, 0.3) is 0 Å². The van der Waals surface area contributed by atoms with Crippen LogP contribution in [0.3, 0.4) is 0 Å². The van der Waals surface area contributed by atoms with Gasteiger partial charge in [-0.15, -0.1) is 0 Å². The predicted molar refractivity (Wildman–Crippen MR) is 131 cm³/mol. The number of nitrogens with zero attached hydrogens (tertiary/aromatic N) is 2. The molecule has 1 aliphatic rings. The van der Waals surface area contributed by atoms with Crippen molar-refractivity contribution in [3.63, 3.8) is 0 Å². The number of ether oxygens (including phenoxy) is 3. The molecule has 3 rings (SSSR count). The van der Waals surface area contributed by atoms with Gasteiger partial charge in [-0.25, -0.2) is 13.2 Å². The fraction of sp³-hybridized carbons (Fsp3) is 0.480. The smallest absolute Gasteiger partial charge is 0.427 e. The first-order chi connectivity index (χ1) is 17.8. The van der Waals surface area contributed by atoms with E-state index in [1.165, 1.54) is 26.3 Å². The number of amides is 1. The Morgan fingerprint density at radius 3 is 2.26 bits per heavy atom. The number of likely N-dealkylation sites (N-methyl/N-ethyl adjacent to an activating group) is 1. The largest absolute Gasteiger partial charge is 0.497 e.